The van der Waals surface area contributed by atoms with Gasteiger partial charge < -0.3 is 4.74 Å². The van der Waals surface area contributed by atoms with Gasteiger partial charge in [0.15, 0.2) is 0 Å². The molecule has 0 amide bonds. The first-order valence-electron chi connectivity index (χ1n) is 6.28. The van der Waals surface area contributed by atoms with Crippen LogP contribution in [0, 0.1) is 6.61 Å². The maximum Gasteiger partial charge on any atom is 0.135 e. The number of benzene rings is 3. The van der Waals surface area contributed by atoms with E-state index in [2.05, 4.69) is 49.4 Å². The van der Waals surface area contributed by atoms with Crippen molar-refractivity contribution in [1.29, 1.82) is 0 Å². The molecular formula is C17H15O. The molecule has 0 bridgehead atoms. The number of hydrogen-bond donors (Lipinski definition) is 0. The van der Waals surface area contributed by atoms with E-state index in [0.717, 1.165) is 12.2 Å². The second kappa shape index (κ2) is 4.69. The summed E-state index contributed by atoms with van der Waals surface area (Å²) < 4.78 is 5.69. The molecule has 18 heavy (non-hydrogen) atoms. The first-order valence-corrected chi connectivity index (χ1v) is 6.28. The summed E-state index contributed by atoms with van der Waals surface area (Å²) in [6, 6.07) is 19.0. The molecule has 1 radical (unpaired) electrons. The molecule has 1 nitrogen and oxygen atoms in total. The fourth-order valence-corrected chi connectivity index (χ4v) is 2.21. The molecule has 1 heteroatoms. The van der Waals surface area contributed by atoms with Crippen molar-refractivity contribution in [2.75, 3.05) is 0 Å². The summed E-state index contributed by atoms with van der Waals surface area (Å²) in [5, 5.41) is 4.90. The zero-order chi connectivity index (χ0) is 12.4. The molecule has 0 saturated carbocycles. The van der Waals surface area contributed by atoms with Crippen molar-refractivity contribution in [2.24, 2.45) is 0 Å². The highest BCUT2D eigenvalue weighted by atomic mass is 16.5. The zero-order valence-corrected chi connectivity index (χ0v) is 10.4. The lowest BCUT2D eigenvalue weighted by atomic mass is 10.0. The molecular weight excluding hydrogens is 220 g/mol. The van der Waals surface area contributed by atoms with Gasteiger partial charge in [0.1, 0.15) is 12.4 Å². The second-order valence-corrected chi connectivity index (χ2v) is 4.37. The Morgan fingerprint density at radius 1 is 0.889 bits per heavy atom. The number of rotatable bonds is 3. The molecule has 0 atom stereocenters. The maximum absolute atomic E-state index is 5.69. The van der Waals surface area contributed by atoms with Crippen LogP contribution in [0.2, 0.25) is 0 Å². The van der Waals surface area contributed by atoms with Gasteiger partial charge in [-0.2, -0.15) is 0 Å². The first kappa shape index (κ1) is 11.1. The van der Waals surface area contributed by atoms with Gasteiger partial charge in [0.25, 0.3) is 0 Å². The van der Waals surface area contributed by atoms with Crippen molar-refractivity contribution in [3.05, 3.63) is 61.2 Å². The van der Waals surface area contributed by atoms with Crippen LogP contribution in [0.15, 0.2) is 54.6 Å². The Morgan fingerprint density at radius 2 is 1.61 bits per heavy atom. The predicted molar refractivity (Wildman–Crippen MR) is 76.7 cm³/mol. The summed E-state index contributed by atoms with van der Waals surface area (Å²) in [6.45, 7) is 3.91. The lowest BCUT2D eigenvalue weighted by Gasteiger charge is -2.09. The third kappa shape index (κ3) is 1.92. The standard InChI is InChI=1S/C17H15O/c1-2-10-18-17-9-5-8-15-11-13-6-3-4-7-14(13)12-16(15)17/h3-12H,2H2,1H3. The Hall–Kier alpha value is -2.02. The molecule has 89 valence electrons. The minimum Gasteiger partial charge on any atom is -0.486 e. The van der Waals surface area contributed by atoms with Gasteiger partial charge in [-0.1, -0.05) is 43.3 Å². The van der Waals surface area contributed by atoms with Gasteiger partial charge in [0, 0.05) is 5.39 Å². The summed E-state index contributed by atoms with van der Waals surface area (Å²) in [4.78, 5) is 0. The van der Waals surface area contributed by atoms with E-state index in [1.165, 1.54) is 21.5 Å². The van der Waals surface area contributed by atoms with Crippen molar-refractivity contribution in [2.45, 2.75) is 13.3 Å². The monoisotopic (exact) mass is 235 g/mol. The normalized spacial score (nSPS) is 10.9. The summed E-state index contributed by atoms with van der Waals surface area (Å²) in [7, 11) is 0. The third-order valence-corrected chi connectivity index (χ3v) is 3.08. The smallest absolute Gasteiger partial charge is 0.135 e. The minimum atomic E-state index is 0.907. The molecule has 0 spiro atoms. The summed E-state index contributed by atoms with van der Waals surface area (Å²) >= 11 is 0. The quantitative estimate of drug-likeness (QED) is 0.584. The van der Waals surface area contributed by atoms with Crippen LogP contribution >= 0.6 is 0 Å². The van der Waals surface area contributed by atoms with Gasteiger partial charge >= 0.3 is 0 Å². The largest absolute Gasteiger partial charge is 0.486 e. The van der Waals surface area contributed by atoms with E-state index in [9.17, 15) is 0 Å². The van der Waals surface area contributed by atoms with Gasteiger partial charge in [0.05, 0.1) is 0 Å². The Balaban J connectivity index is 2.22. The molecule has 0 heterocycles. The van der Waals surface area contributed by atoms with Crippen molar-refractivity contribution in [3.63, 3.8) is 0 Å². The Morgan fingerprint density at radius 3 is 2.39 bits per heavy atom. The Kier molecular flexibility index (Phi) is 2.89. The van der Waals surface area contributed by atoms with Crippen LogP contribution in [0.25, 0.3) is 21.5 Å². The SMILES string of the molecule is CC[CH]Oc1cccc2cc3ccccc3cc12. The first-order chi connectivity index (χ1) is 8.88. The van der Waals surface area contributed by atoms with Crippen LogP contribution in [-0.2, 0) is 0 Å². The van der Waals surface area contributed by atoms with Gasteiger partial charge in [-0.25, -0.2) is 0 Å². The summed E-state index contributed by atoms with van der Waals surface area (Å²) in [6.07, 6.45) is 0.907. The molecule has 0 unspecified atom stereocenters. The predicted octanol–water partition coefficient (Wildman–Crippen LogP) is 4.94. The molecule has 0 N–H and O–H groups in total. The molecule has 0 aromatic heterocycles. The zero-order valence-electron chi connectivity index (χ0n) is 10.4. The van der Waals surface area contributed by atoms with E-state index in [-0.39, 0.29) is 0 Å². The van der Waals surface area contributed by atoms with E-state index in [1.54, 1.807) is 0 Å². The highest BCUT2D eigenvalue weighted by Gasteiger charge is 2.03. The Bertz CT molecular complexity index is 685. The lowest BCUT2D eigenvalue weighted by Crippen LogP contribution is -1.89. The molecule has 0 saturated heterocycles. The molecule has 0 fully saturated rings. The molecule has 3 aromatic rings. The number of ether oxygens (including phenoxy) is 1. The average molecular weight is 235 g/mol. The molecule has 0 aliphatic carbocycles. The summed E-state index contributed by atoms with van der Waals surface area (Å²) in [5.74, 6) is 0.931. The van der Waals surface area contributed by atoms with Crippen molar-refractivity contribution >= 4 is 21.5 Å². The van der Waals surface area contributed by atoms with E-state index in [0.29, 0.717) is 0 Å². The van der Waals surface area contributed by atoms with Gasteiger partial charge in [-0.05, 0) is 40.8 Å². The van der Waals surface area contributed by atoms with Crippen molar-refractivity contribution in [1.82, 2.24) is 0 Å². The highest BCUT2D eigenvalue weighted by Crippen LogP contribution is 2.30. The van der Waals surface area contributed by atoms with Gasteiger partial charge in [-0.15, -0.1) is 0 Å². The van der Waals surface area contributed by atoms with E-state index >= 15 is 0 Å². The van der Waals surface area contributed by atoms with Gasteiger partial charge in [0.2, 0.25) is 0 Å². The lowest BCUT2D eigenvalue weighted by molar-refractivity contribution is 0.402. The van der Waals surface area contributed by atoms with Gasteiger partial charge in [-0.3, -0.25) is 0 Å². The molecule has 0 aliphatic rings. The maximum atomic E-state index is 5.69. The van der Waals surface area contributed by atoms with Crippen LogP contribution in [-0.4, -0.2) is 0 Å². The third-order valence-electron chi connectivity index (χ3n) is 3.08. The van der Waals surface area contributed by atoms with Crippen molar-refractivity contribution in [3.8, 4) is 5.75 Å². The van der Waals surface area contributed by atoms with Crippen molar-refractivity contribution < 1.29 is 4.74 Å². The molecule has 0 aliphatic heterocycles. The van der Waals surface area contributed by atoms with Crippen LogP contribution in [0.5, 0.6) is 5.75 Å². The topological polar surface area (TPSA) is 9.23 Å². The van der Waals surface area contributed by atoms with E-state index in [1.807, 2.05) is 18.7 Å². The average Bonchev–Trinajstić information content (AvgIpc) is 2.43. The minimum absolute atomic E-state index is 0.907. The van der Waals surface area contributed by atoms with Crippen LogP contribution in [0.3, 0.4) is 0 Å². The molecule has 3 aromatic carbocycles. The number of hydrogen-bond acceptors (Lipinski definition) is 1. The van der Waals surface area contributed by atoms with Crippen LogP contribution < -0.4 is 4.74 Å². The van der Waals surface area contributed by atoms with Crippen LogP contribution in [0.4, 0.5) is 0 Å². The fourth-order valence-electron chi connectivity index (χ4n) is 2.21. The number of fused-ring (bicyclic) bond motifs is 2. The fraction of sp³-hybridized carbons (Fsp3) is 0.118. The van der Waals surface area contributed by atoms with E-state index < -0.39 is 0 Å². The second-order valence-electron chi connectivity index (χ2n) is 4.37. The van der Waals surface area contributed by atoms with E-state index in [4.69, 9.17) is 4.74 Å². The summed E-state index contributed by atoms with van der Waals surface area (Å²) in [5.41, 5.74) is 0. The molecule has 3 rings (SSSR count). The Labute approximate surface area is 107 Å². The van der Waals surface area contributed by atoms with Crippen LogP contribution in [0.1, 0.15) is 13.3 Å². The highest BCUT2D eigenvalue weighted by molar-refractivity contribution is 6.00.